The lowest BCUT2D eigenvalue weighted by atomic mass is 10.2. The average Bonchev–Trinajstić information content (AvgIpc) is 3.06. The zero-order valence-electron chi connectivity index (χ0n) is 11.3. The second-order valence-electron chi connectivity index (χ2n) is 5.03. The van der Waals surface area contributed by atoms with E-state index in [9.17, 15) is 0 Å². The Morgan fingerprint density at radius 1 is 1.47 bits per heavy atom. The highest BCUT2D eigenvalue weighted by Gasteiger charge is 2.28. The van der Waals surface area contributed by atoms with Crippen LogP contribution in [-0.4, -0.2) is 24.5 Å². The molecule has 0 spiro atoms. The normalized spacial score (nSPS) is 15.8. The monoisotopic (exact) mass is 236 g/mol. The Hall–Kier alpha value is -0.800. The molecular weight excluding hydrogens is 212 g/mol. The number of furan rings is 1. The molecule has 1 fully saturated rings. The van der Waals surface area contributed by atoms with Crippen LogP contribution in [0.1, 0.15) is 43.3 Å². The summed E-state index contributed by atoms with van der Waals surface area (Å²) in [4.78, 5) is 2.60. The summed E-state index contributed by atoms with van der Waals surface area (Å²) in [6, 6.07) is 3.04. The minimum atomic E-state index is 0.818. The third-order valence-electron chi connectivity index (χ3n) is 3.37. The van der Waals surface area contributed by atoms with Crippen LogP contribution in [0.25, 0.3) is 0 Å². The third kappa shape index (κ3) is 3.33. The average molecular weight is 236 g/mol. The quantitative estimate of drug-likeness (QED) is 0.789. The fourth-order valence-corrected chi connectivity index (χ4v) is 2.34. The summed E-state index contributed by atoms with van der Waals surface area (Å²) in [5.74, 6) is 2.13. The SMILES string of the molecule is CCCN(Cc1cc(CNC)oc1C)C1CC1. The molecule has 1 saturated carbocycles. The first-order chi connectivity index (χ1) is 8.24. The molecule has 1 aromatic heterocycles. The summed E-state index contributed by atoms with van der Waals surface area (Å²) in [5.41, 5.74) is 1.36. The van der Waals surface area contributed by atoms with Gasteiger partial charge in [0.05, 0.1) is 6.54 Å². The summed E-state index contributed by atoms with van der Waals surface area (Å²) >= 11 is 0. The molecule has 3 heteroatoms. The van der Waals surface area contributed by atoms with Crippen molar-refractivity contribution in [2.75, 3.05) is 13.6 Å². The van der Waals surface area contributed by atoms with Gasteiger partial charge in [0.1, 0.15) is 11.5 Å². The van der Waals surface area contributed by atoms with Gasteiger partial charge in [0, 0.05) is 18.2 Å². The summed E-state index contributed by atoms with van der Waals surface area (Å²) < 4.78 is 5.75. The first kappa shape index (κ1) is 12.7. The Labute approximate surface area is 104 Å². The molecule has 0 atom stereocenters. The van der Waals surface area contributed by atoms with E-state index < -0.39 is 0 Å². The molecule has 0 aliphatic heterocycles. The third-order valence-corrected chi connectivity index (χ3v) is 3.37. The minimum absolute atomic E-state index is 0.818. The van der Waals surface area contributed by atoms with E-state index in [1.165, 1.54) is 31.4 Å². The first-order valence-corrected chi connectivity index (χ1v) is 6.71. The van der Waals surface area contributed by atoms with Crippen molar-refractivity contribution in [2.45, 2.75) is 52.2 Å². The topological polar surface area (TPSA) is 28.4 Å². The Bertz CT molecular complexity index is 355. The van der Waals surface area contributed by atoms with Crippen LogP contribution in [0.4, 0.5) is 0 Å². The number of aryl methyl sites for hydroxylation is 1. The van der Waals surface area contributed by atoms with Crippen molar-refractivity contribution in [3.05, 3.63) is 23.2 Å². The van der Waals surface area contributed by atoms with E-state index in [1.807, 2.05) is 7.05 Å². The van der Waals surface area contributed by atoms with Crippen LogP contribution in [0, 0.1) is 6.92 Å². The van der Waals surface area contributed by atoms with Gasteiger partial charge in [-0.1, -0.05) is 6.92 Å². The first-order valence-electron chi connectivity index (χ1n) is 6.71. The van der Waals surface area contributed by atoms with Gasteiger partial charge < -0.3 is 9.73 Å². The Kier molecular flexibility index (Phi) is 4.24. The van der Waals surface area contributed by atoms with Crippen LogP contribution < -0.4 is 5.32 Å². The van der Waals surface area contributed by atoms with Crippen molar-refractivity contribution in [1.29, 1.82) is 0 Å². The predicted molar refractivity (Wildman–Crippen MR) is 69.9 cm³/mol. The lowest BCUT2D eigenvalue weighted by Crippen LogP contribution is -2.26. The minimum Gasteiger partial charge on any atom is -0.465 e. The van der Waals surface area contributed by atoms with Crippen molar-refractivity contribution in [3.8, 4) is 0 Å². The number of rotatable bonds is 7. The lowest BCUT2D eigenvalue weighted by Gasteiger charge is -2.20. The van der Waals surface area contributed by atoms with E-state index in [1.54, 1.807) is 0 Å². The molecule has 3 nitrogen and oxygen atoms in total. The molecule has 1 aliphatic rings. The Morgan fingerprint density at radius 3 is 2.82 bits per heavy atom. The van der Waals surface area contributed by atoms with Crippen molar-refractivity contribution in [3.63, 3.8) is 0 Å². The fraction of sp³-hybridized carbons (Fsp3) is 0.714. The van der Waals surface area contributed by atoms with Crippen LogP contribution in [0.5, 0.6) is 0 Å². The smallest absolute Gasteiger partial charge is 0.118 e. The van der Waals surface area contributed by atoms with E-state index in [2.05, 4.69) is 30.1 Å². The van der Waals surface area contributed by atoms with Gasteiger partial charge in [0.15, 0.2) is 0 Å². The predicted octanol–water partition coefficient (Wildman–Crippen LogP) is 2.68. The van der Waals surface area contributed by atoms with E-state index in [-0.39, 0.29) is 0 Å². The largest absolute Gasteiger partial charge is 0.465 e. The van der Waals surface area contributed by atoms with E-state index in [4.69, 9.17) is 4.42 Å². The van der Waals surface area contributed by atoms with Gasteiger partial charge in [-0.25, -0.2) is 0 Å². The Balaban J connectivity index is 2.00. The van der Waals surface area contributed by atoms with E-state index in [0.717, 1.165) is 30.7 Å². The van der Waals surface area contributed by atoms with Crippen molar-refractivity contribution in [1.82, 2.24) is 10.2 Å². The van der Waals surface area contributed by atoms with Crippen LogP contribution in [-0.2, 0) is 13.1 Å². The fourth-order valence-electron chi connectivity index (χ4n) is 2.34. The summed E-state index contributed by atoms with van der Waals surface area (Å²) in [7, 11) is 1.95. The highest BCUT2D eigenvalue weighted by Crippen LogP contribution is 2.29. The highest BCUT2D eigenvalue weighted by atomic mass is 16.3. The molecule has 0 amide bonds. The van der Waals surface area contributed by atoms with Gasteiger partial charge in [-0.05, 0) is 45.8 Å². The summed E-state index contributed by atoms with van der Waals surface area (Å²) in [6.07, 6.45) is 3.98. The number of nitrogens with zero attached hydrogens (tertiary/aromatic N) is 1. The molecule has 0 radical (unpaired) electrons. The maximum absolute atomic E-state index is 5.75. The maximum atomic E-state index is 5.75. The van der Waals surface area contributed by atoms with Crippen LogP contribution >= 0.6 is 0 Å². The van der Waals surface area contributed by atoms with Crippen molar-refractivity contribution >= 4 is 0 Å². The van der Waals surface area contributed by atoms with Crippen molar-refractivity contribution < 1.29 is 4.42 Å². The second kappa shape index (κ2) is 5.69. The molecule has 0 saturated heterocycles. The zero-order valence-corrected chi connectivity index (χ0v) is 11.3. The van der Waals surface area contributed by atoms with Crippen LogP contribution in [0.15, 0.2) is 10.5 Å². The number of hydrogen-bond donors (Lipinski definition) is 1. The number of nitrogens with one attached hydrogen (secondary N) is 1. The molecule has 0 unspecified atom stereocenters. The Morgan fingerprint density at radius 2 is 2.24 bits per heavy atom. The van der Waals surface area contributed by atoms with E-state index >= 15 is 0 Å². The standard InChI is InChI=1S/C14H24N2O/c1-4-7-16(13-5-6-13)10-12-8-14(9-15-3)17-11(12)2/h8,13,15H,4-7,9-10H2,1-3H3. The maximum Gasteiger partial charge on any atom is 0.118 e. The molecule has 1 N–H and O–H groups in total. The molecule has 0 bridgehead atoms. The highest BCUT2D eigenvalue weighted by molar-refractivity contribution is 5.21. The molecule has 17 heavy (non-hydrogen) atoms. The molecule has 2 rings (SSSR count). The van der Waals surface area contributed by atoms with Crippen molar-refractivity contribution in [2.24, 2.45) is 0 Å². The zero-order chi connectivity index (χ0) is 12.3. The number of hydrogen-bond acceptors (Lipinski definition) is 3. The molecular formula is C14H24N2O. The summed E-state index contributed by atoms with van der Waals surface area (Å²) in [6.45, 7) is 7.40. The van der Waals surface area contributed by atoms with Gasteiger partial charge in [0.25, 0.3) is 0 Å². The van der Waals surface area contributed by atoms with E-state index in [0.29, 0.717) is 0 Å². The van der Waals surface area contributed by atoms with Gasteiger partial charge in [0.2, 0.25) is 0 Å². The van der Waals surface area contributed by atoms with Gasteiger partial charge in [-0.3, -0.25) is 4.90 Å². The lowest BCUT2D eigenvalue weighted by molar-refractivity contribution is 0.253. The second-order valence-corrected chi connectivity index (χ2v) is 5.03. The molecule has 1 aromatic rings. The van der Waals surface area contributed by atoms with Gasteiger partial charge in [-0.15, -0.1) is 0 Å². The summed E-state index contributed by atoms with van der Waals surface area (Å²) in [5, 5.41) is 3.13. The van der Waals surface area contributed by atoms with Gasteiger partial charge >= 0.3 is 0 Å². The van der Waals surface area contributed by atoms with Crippen LogP contribution in [0.3, 0.4) is 0 Å². The molecule has 1 heterocycles. The van der Waals surface area contributed by atoms with Gasteiger partial charge in [-0.2, -0.15) is 0 Å². The molecule has 96 valence electrons. The molecule has 0 aromatic carbocycles. The molecule has 1 aliphatic carbocycles. The van der Waals surface area contributed by atoms with Crippen LogP contribution in [0.2, 0.25) is 0 Å².